The topological polar surface area (TPSA) is 54.5 Å². The normalized spacial score (nSPS) is 20.2. The van der Waals surface area contributed by atoms with E-state index in [1.165, 1.54) is 18.1 Å². The van der Waals surface area contributed by atoms with E-state index in [1.54, 1.807) is 0 Å². The van der Waals surface area contributed by atoms with Crippen molar-refractivity contribution in [3.8, 4) is 5.75 Å². The number of amides is 1. The lowest BCUT2D eigenvalue weighted by Crippen LogP contribution is -2.43. The van der Waals surface area contributed by atoms with Crippen molar-refractivity contribution in [1.82, 2.24) is 10.3 Å². The van der Waals surface area contributed by atoms with Crippen molar-refractivity contribution in [1.29, 1.82) is 0 Å². The number of ether oxygens (including phenoxy) is 1. The molecule has 5 nitrogen and oxygen atoms in total. The zero-order valence-corrected chi connectivity index (χ0v) is 14.0. The average Bonchev–Trinajstić information content (AvgIpc) is 2.83. The molecule has 0 bridgehead atoms. The fourth-order valence-corrected chi connectivity index (χ4v) is 3.30. The summed E-state index contributed by atoms with van der Waals surface area (Å²) in [6.45, 7) is 1.88. The highest BCUT2D eigenvalue weighted by molar-refractivity contribution is 5.99. The van der Waals surface area contributed by atoms with E-state index in [0.717, 1.165) is 19.2 Å². The monoisotopic (exact) mass is 365 g/mol. The van der Waals surface area contributed by atoms with Crippen molar-refractivity contribution >= 4 is 24.1 Å². The summed E-state index contributed by atoms with van der Waals surface area (Å²) in [4.78, 5) is 17.8. The Morgan fingerprint density at radius 3 is 2.50 bits per heavy atom. The number of piperidine rings is 1. The molecular formula is C15H19ClF3N3O2. The van der Waals surface area contributed by atoms with Crippen molar-refractivity contribution in [2.75, 3.05) is 31.6 Å². The molecule has 0 unspecified atom stereocenters. The molecule has 1 aromatic heterocycles. The van der Waals surface area contributed by atoms with Crippen LogP contribution in [0.4, 0.5) is 19.0 Å². The number of hydrogen-bond acceptors (Lipinski definition) is 4. The average molecular weight is 366 g/mol. The molecule has 0 aliphatic carbocycles. The summed E-state index contributed by atoms with van der Waals surface area (Å²) < 4.78 is 43.9. The Balaban J connectivity index is 0.00000208. The number of nitrogens with one attached hydrogen (secondary N) is 1. The number of hydrogen-bond donors (Lipinski definition) is 1. The van der Waals surface area contributed by atoms with Crippen LogP contribution >= 0.6 is 12.4 Å². The Morgan fingerprint density at radius 1 is 1.25 bits per heavy atom. The van der Waals surface area contributed by atoms with E-state index >= 15 is 0 Å². The van der Waals surface area contributed by atoms with Crippen LogP contribution in [0, 0.1) is 5.41 Å². The first-order chi connectivity index (χ1) is 10.9. The molecule has 0 aromatic carbocycles. The first-order valence-electron chi connectivity index (χ1n) is 7.52. The summed E-state index contributed by atoms with van der Waals surface area (Å²) in [5.41, 5.74) is -1.51. The lowest BCUT2D eigenvalue weighted by molar-refractivity contribution is -0.141. The molecule has 24 heavy (non-hydrogen) atoms. The number of halogens is 4. The molecule has 9 heteroatoms. The molecule has 3 heterocycles. The molecular weight excluding hydrogens is 347 g/mol. The number of anilines is 1. The van der Waals surface area contributed by atoms with Crippen molar-refractivity contribution in [3.05, 3.63) is 17.8 Å². The van der Waals surface area contributed by atoms with Gasteiger partial charge < -0.3 is 10.1 Å². The summed E-state index contributed by atoms with van der Waals surface area (Å²) in [7, 11) is 1.29. The van der Waals surface area contributed by atoms with Gasteiger partial charge in [-0.15, -0.1) is 12.4 Å². The second-order valence-corrected chi connectivity index (χ2v) is 5.99. The zero-order valence-electron chi connectivity index (χ0n) is 13.2. The zero-order chi connectivity index (χ0) is 16.7. The summed E-state index contributed by atoms with van der Waals surface area (Å²) in [5.74, 6) is -0.0775. The van der Waals surface area contributed by atoms with E-state index in [-0.39, 0.29) is 29.9 Å². The second-order valence-electron chi connectivity index (χ2n) is 5.99. The van der Waals surface area contributed by atoms with Crippen LogP contribution in [-0.2, 0) is 11.0 Å². The Labute approximate surface area is 144 Å². The van der Waals surface area contributed by atoms with Crippen LogP contribution in [0.15, 0.2) is 12.1 Å². The number of nitrogens with zero attached hydrogens (tertiary/aromatic N) is 2. The van der Waals surface area contributed by atoms with Gasteiger partial charge in [0.15, 0.2) is 5.69 Å². The van der Waals surface area contributed by atoms with E-state index in [4.69, 9.17) is 4.74 Å². The fraction of sp³-hybridized carbons (Fsp3) is 0.600. The maximum Gasteiger partial charge on any atom is 0.433 e. The molecule has 1 aromatic rings. The number of aromatic nitrogens is 1. The number of carbonyl (C=O) groups excluding carboxylic acids is 1. The highest BCUT2D eigenvalue weighted by Gasteiger charge is 2.48. The summed E-state index contributed by atoms with van der Waals surface area (Å²) >= 11 is 0. The van der Waals surface area contributed by atoms with Crippen LogP contribution in [0.3, 0.4) is 0 Å². The number of carbonyl (C=O) groups is 1. The molecule has 2 saturated heterocycles. The molecule has 3 rings (SSSR count). The quantitative estimate of drug-likeness (QED) is 0.875. The predicted octanol–water partition coefficient (Wildman–Crippen LogP) is 2.64. The maximum absolute atomic E-state index is 13.0. The Hall–Kier alpha value is -1.54. The first kappa shape index (κ1) is 18.8. The second kappa shape index (κ2) is 6.76. The molecule has 134 valence electrons. The predicted molar refractivity (Wildman–Crippen MR) is 84.5 cm³/mol. The minimum Gasteiger partial charge on any atom is -0.497 e. The molecule has 0 saturated carbocycles. The maximum atomic E-state index is 13.0. The van der Waals surface area contributed by atoms with Gasteiger partial charge in [0.25, 0.3) is 0 Å². The Kier molecular flexibility index (Phi) is 5.29. The smallest absolute Gasteiger partial charge is 0.433 e. The van der Waals surface area contributed by atoms with Crippen LogP contribution < -0.4 is 15.0 Å². The highest BCUT2D eigenvalue weighted by Crippen LogP contribution is 2.42. The lowest BCUT2D eigenvalue weighted by Gasteiger charge is -2.32. The third kappa shape index (κ3) is 3.30. The van der Waals surface area contributed by atoms with Gasteiger partial charge >= 0.3 is 6.18 Å². The van der Waals surface area contributed by atoms with Gasteiger partial charge in [-0.05, 0) is 32.4 Å². The largest absolute Gasteiger partial charge is 0.497 e. The molecule has 1 spiro atoms. The van der Waals surface area contributed by atoms with Gasteiger partial charge in [0.2, 0.25) is 5.91 Å². The third-order valence-electron chi connectivity index (χ3n) is 4.66. The van der Waals surface area contributed by atoms with Crippen molar-refractivity contribution < 1.29 is 22.7 Å². The molecule has 0 radical (unpaired) electrons. The third-order valence-corrected chi connectivity index (χ3v) is 4.66. The van der Waals surface area contributed by atoms with Gasteiger partial charge in [-0.25, -0.2) is 4.98 Å². The summed E-state index contributed by atoms with van der Waals surface area (Å²) in [5, 5.41) is 3.20. The van der Waals surface area contributed by atoms with E-state index < -0.39 is 17.3 Å². The minimum atomic E-state index is -4.58. The SMILES string of the molecule is COc1cc(N2CCC3(CCNCC3)C2=O)nc(C(F)(F)F)c1.Cl. The standard InChI is InChI=1S/C15H18F3N3O2.ClH/c1-23-10-8-11(15(16,17)18)20-12(9-10)21-7-4-14(13(21)22)2-5-19-6-3-14;/h8-9,19H,2-7H2,1H3;1H. The Bertz CT molecular complexity index is 618. The van der Waals surface area contributed by atoms with Gasteiger partial charge in [-0.2, -0.15) is 13.2 Å². The van der Waals surface area contributed by atoms with Crippen LogP contribution in [0.25, 0.3) is 0 Å². The number of alkyl halides is 3. The van der Waals surface area contributed by atoms with Crippen LogP contribution in [0.5, 0.6) is 5.75 Å². The van der Waals surface area contributed by atoms with Crippen molar-refractivity contribution in [2.24, 2.45) is 5.41 Å². The molecule has 1 amide bonds. The number of rotatable bonds is 2. The van der Waals surface area contributed by atoms with Crippen molar-refractivity contribution in [3.63, 3.8) is 0 Å². The Morgan fingerprint density at radius 2 is 1.92 bits per heavy atom. The summed E-state index contributed by atoms with van der Waals surface area (Å²) in [6.07, 6.45) is -2.52. The van der Waals surface area contributed by atoms with Crippen molar-refractivity contribution in [2.45, 2.75) is 25.4 Å². The highest BCUT2D eigenvalue weighted by atomic mass is 35.5. The molecule has 2 aliphatic rings. The van der Waals surface area contributed by atoms with Gasteiger partial charge in [0.05, 0.1) is 12.5 Å². The van der Waals surface area contributed by atoms with Crippen LogP contribution in [0.1, 0.15) is 25.0 Å². The van der Waals surface area contributed by atoms with E-state index in [1.807, 2.05) is 0 Å². The molecule has 2 fully saturated rings. The molecule has 2 aliphatic heterocycles. The van der Waals surface area contributed by atoms with Crippen LogP contribution in [0.2, 0.25) is 0 Å². The molecule has 1 N–H and O–H groups in total. The van der Waals surface area contributed by atoms with E-state index in [9.17, 15) is 18.0 Å². The molecule has 0 atom stereocenters. The van der Waals surface area contributed by atoms with Gasteiger partial charge in [-0.3, -0.25) is 9.69 Å². The van der Waals surface area contributed by atoms with Gasteiger partial charge in [0, 0.05) is 18.7 Å². The van der Waals surface area contributed by atoms with Gasteiger partial charge in [-0.1, -0.05) is 0 Å². The number of methoxy groups -OCH3 is 1. The minimum absolute atomic E-state index is 0. The fourth-order valence-electron chi connectivity index (χ4n) is 3.30. The van der Waals surface area contributed by atoms with E-state index in [0.29, 0.717) is 25.8 Å². The number of pyridine rings is 1. The van der Waals surface area contributed by atoms with E-state index in [2.05, 4.69) is 10.3 Å². The summed E-state index contributed by atoms with van der Waals surface area (Å²) in [6, 6.07) is 2.22. The van der Waals surface area contributed by atoms with Crippen LogP contribution in [-0.4, -0.2) is 37.6 Å². The van der Waals surface area contributed by atoms with Gasteiger partial charge in [0.1, 0.15) is 11.6 Å². The lowest BCUT2D eigenvalue weighted by atomic mass is 9.78. The first-order valence-corrected chi connectivity index (χ1v) is 7.52.